The van der Waals surface area contributed by atoms with Gasteiger partial charge in [-0.05, 0) is 38.0 Å². The Morgan fingerprint density at radius 2 is 1.78 bits per heavy atom. The summed E-state index contributed by atoms with van der Waals surface area (Å²) < 4.78 is 0. The van der Waals surface area contributed by atoms with Crippen molar-refractivity contribution in [2.24, 2.45) is 11.8 Å². The molecular formula is C18H32N2O2S. The Morgan fingerprint density at radius 3 is 2.26 bits per heavy atom. The third kappa shape index (κ3) is 4.65. The van der Waals surface area contributed by atoms with Crippen molar-refractivity contribution in [1.29, 1.82) is 0 Å². The van der Waals surface area contributed by atoms with Crippen LogP contribution in [0.25, 0.3) is 0 Å². The average Bonchev–Trinajstić information content (AvgIpc) is 3.27. The topological polar surface area (TPSA) is 40.6 Å². The van der Waals surface area contributed by atoms with E-state index in [2.05, 4.69) is 27.7 Å². The van der Waals surface area contributed by atoms with Crippen LogP contribution in [0, 0.1) is 11.8 Å². The second-order valence-electron chi connectivity index (χ2n) is 7.28. The van der Waals surface area contributed by atoms with Gasteiger partial charge in [0, 0.05) is 24.8 Å². The summed E-state index contributed by atoms with van der Waals surface area (Å²) in [7, 11) is 0. The molecule has 132 valence electrons. The van der Waals surface area contributed by atoms with Gasteiger partial charge in [-0.15, -0.1) is 11.8 Å². The van der Waals surface area contributed by atoms with Gasteiger partial charge >= 0.3 is 0 Å². The molecule has 1 aliphatic carbocycles. The summed E-state index contributed by atoms with van der Waals surface area (Å²) in [5, 5.41) is 0.183. The molecule has 0 aromatic carbocycles. The molecule has 2 rings (SSSR count). The Balaban J connectivity index is 2.13. The number of nitrogens with zero attached hydrogens (tertiary/aromatic N) is 2. The van der Waals surface area contributed by atoms with Crippen LogP contribution in [-0.2, 0) is 9.59 Å². The minimum absolute atomic E-state index is 0.168. The molecule has 0 aromatic rings. The Morgan fingerprint density at radius 1 is 1.17 bits per heavy atom. The molecule has 4 nitrogen and oxygen atoms in total. The molecule has 0 bridgehead atoms. The van der Waals surface area contributed by atoms with Crippen LogP contribution in [0.2, 0.25) is 0 Å². The van der Waals surface area contributed by atoms with Crippen LogP contribution >= 0.6 is 11.8 Å². The maximum atomic E-state index is 13.0. The van der Waals surface area contributed by atoms with Crippen molar-refractivity contribution in [1.82, 2.24) is 9.80 Å². The fraction of sp³-hybridized carbons (Fsp3) is 0.889. The largest absolute Gasteiger partial charge is 0.341 e. The standard InChI is InChI=1S/C18H32N2O2S/c1-5-9-19(10-6-2)18(22)15-12-23-16(11-13(3)4)20(15)17(21)14-7-8-14/h13-16H,5-12H2,1-4H3. The van der Waals surface area contributed by atoms with Gasteiger partial charge in [0.2, 0.25) is 11.8 Å². The summed E-state index contributed by atoms with van der Waals surface area (Å²) in [5.74, 6) is 1.88. The van der Waals surface area contributed by atoms with E-state index in [9.17, 15) is 9.59 Å². The highest BCUT2D eigenvalue weighted by atomic mass is 32.2. The molecule has 2 unspecified atom stereocenters. The minimum Gasteiger partial charge on any atom is -0.341 e. The van der Waals surface area contributed by atoms with Gasteiger partial charge in [-0.1, -0.05) is 27.7 Å². The molecule has 0 radical (unpaired) electrons. The lowest BCUT2D eigenvalue weighted by molar-refractivity contribution is -0.145. The highest BCUT2D eigenvalue weighted by molar-refractivity contribution is 8.00. The first-order chi connectivity index (χ1) is 11.0. The quantitative estimate of drug-likeness (QED) is 0.680. The van der Waals surface area contributed by atoms with Gasteiger partial charge in [0.25, 0.3) is 0 Å². The van der Waals surface area contributed by atoms with Gasteiger partial charge in [0.05, 0.1) is 5.37 Å². The Kier molecular flexibility index (Phi) is 6.81. The smallest absolute Gasteiger partial charge is 0.246 e. The molecule has 1 heterocycles. The van der Waals surface area contributed by atoms with E-state index in [1.807, 2.05) is 9.80 Å². The summed E-state index contributed by atoms with van der Waals surface area (Å²) in [6, 6.07) is -0.241. The van der Waals surface area contributed by atoms with Crippen LogP contribution in [0.4, 0.5) is 0 Å². The van der Waals surface area contributed by atoms with Crippen LogP contribution in [-0.4, -0.2) is 51.9 Å². The molecule has 0 spiro atoms. The van der Waals surface area contributed by atoms with E-state index in [1.54, 1.807) is 11.8 Å². The van der Waals surface area contributed by atoms with Crippen molar-refractivity contribution in [3.05, 3.63) is 0 Å². The summed E-state index contributed by atoms with van der Waals surface area (Å²) in [6.45, 7) is 10.2. The lowest BCUT2D eigenvalue weighted by Crippen LogP contribution is -2.52. The van der Waals surface area contributed by atoms with Crippen LogP contribution in [0.15, 0.2) is 0 Å². The van der Waals surface area contributed by atoms with E-state index < -0.39 is 0 Å². The number of carbonyl (C=O) groups is 2. The SMILES string of the molecule is CCCN(CCC)C(=O)C1CSC(CC(C)C)N1C(=O)C1CC1. The normalized spacial score (nSPS) is 24.3. The lowest BCUT2D eigenvalue weighted by atomic mass is 10.1. The van der Waals surface area contributed by atoms with E-state index in [-0.39, 0.29) is 29.1 Å². The van der Waals surface area contributed by atoms with Gasteiger partial charge in [0.1, 0.15) is 6.04 Å². The maximum Gasteiger partial charge on any atom is 0.246 e. The first kappa shape index (κ1) is 18.6. The third-order valence-electron chi connectivity index (χ3n) is 4.53. The highest BCUT2D eigenvalue weighted by Crippen LogP contribution is 2.40. The first-order valence-corrected chi connectivity index (χ1v) is 10.3. The Labute approximate surface area is 145 Å². The molecular weight excluding hydrogens is 308 g/mol. The molecule has 1 aliphatic heterocycles. The highest BCUT2D eigenvalue weighted by Gasteiger charge is 2.46. The predicted octanol–water partition coefficient (Wildman–Crippen LogP) is 3.36. The van der Waals surface area contributed by atoms with E-state index in [1.165, 1.54) is 0 Å². The minimum atomic E-state index is -0.241. The van der Waals surface area contributed by atoms with Gasteiger partial charge in [-0.25, -0.2) is 0 Å². The van der Waals surface area contributed by atoms with Gasteiger partial charge in [-0.3, -0.25) is 9.59 Å². The van der Waals surface area contributed by atoms with E-state index in [0.717, 1.165) is 50.9 Å². The van der Waals surface area contributed by atoms with Crippen LogP contribution in [0.1, 0.15) is 59.8 Å². The Bertz CT molecular complexity index is 417. The average molecular weight is 341 g/mol. The zero-order valence-corrected chi connectivity index (χ0v) is 15.9. The maximum absolute atomic E-state index is 13.0. The lowest BCUT2D eigenvalue weighted by Gasteiger charge is -2.33. The van der Waals surface area contributed by atoms with Crippen molar-refractivity contribution < 1.29 is 9.59 Å². The fourth-order valence-corrected chi connectivity index (χ4v) is 4.90. The van der Waals surface area contributed by atoms with E-state index in [0.29, 0.717) is 5.92 Å². The molecule has 2 fully saturated rings. The van der Waals surface area contributed by atoms with Crippen molar-refractivity contribution >= 4 is 23.6 Å². The number of carbonyl (C=O) groups excluding carboxylic acids is 2. The zero-order valence-electron chi connectivity index (χ0n) is 15.1. The zero-order chi connectivity index (χ0) is 17.0. The predicted molar refractivity (Wildman–Crippen MR) is 96.2 cm³/mol. The number of hydrogen-bond donors (Lipinski definition) is 0. The molecule has 5 heteroatoms. The molecule has 1 saturated heterocycles. The first-order valence-electron chi connectivity index (χ1n) is 9.22. The number of thioether (sulfide) groups is 1. The number of hydrogen-bond acceptors (Lipinski definition) is 3. The van der Waals surface area contributed by atoms with Gasteiger partial charge in [0.15, 0.2) is 0 Å². The second-order valence-corrected chi connectivity index (χ2v) is 8.49. The van der Waals surface area contributed by atoms with Crippen molar-refractivity contribution in [3.63, 3.8) is 0 Å². The molecule has 2 aliphatic rings. The molecule has 0 N–H and O–H groups in total. The third-order valence-corrected chi connectivity index (χ3v) is 5.84. The molecule has 23 heavy (non-hydrogen) atoms. The van der Waals surface area contributed by atoms with Gasteiger partial charge in [-0.2, -0.15) is 0 Å². The molecule has 2 amide bonds. The van der Waals surface area contributed by atoms with Crippen LogP contribution in [0.5, 0.6) is 0 Å². The Hall–Kier alpha value is -0.710. The fourth-order valence-electron chi connectivity index (χ4n) is 3.26. The molecule has 1 saturated carbocycles. The van der Waals surface area contributed by atoms with Crippen molar-refractivity contribution in [2.75, 3.05) is 18.8 Å². The summed E-state index contributed by atoms with van der Waals surface area (Å²) in [6.07, 6.45) is 4.93. The van der Waals surface area contributed by atoms with E-state index in [4.69, 9.17) is 0 Å². The summed E-state index contributed by atoms with van der Waals surface area (Å²) in [5.41, 5.74) is 0. The monoisotopic (exact) mass is 340 g/mol. The number of rotatable bonds is 8. The van der Waals surface area contributed by atoms with Crippen molar-refractivity contribution in [2.45, 2.75) is 71.2 Å². The van der Waals surface area contributed by atoms with Gasteiger partial charge < -0.3 is 9.80 Å². The summed E-state index contributed by atoms with van der Waals surface area (Å²) in [4.78, 5) is 29.8. The van der Waals surface area contributed by atoms with Crippen molar-refractivity contribution in [3.8, 4) is 0 Å². The number of amides is 2. The van der Waals surface area contributed by atoms with E-state index >= 15 is 0 Å². The van der Waals surface area contributed by atoms with Crippen LogP contribution in [0.3, 0.4) is 0 Å². The second kappa shape index (κ2) is 8.41. The molecule has 0 aromatic heterocycles. The van der Waals surface area contributed by atoms with Crippen LogP contribution < -0.4 is 0 Å². The summed E-state index contributed by atoms with van der Waals surface area (Å²) >= 11 is 1.80. The molecule has 2 atom stereocenters.